The number of rotatable bonds is 86. The molecule has 0 amide bonds. The highest BCUT2D eigenvalue weighted by atomic mass is 16.6. The fourth-order valence-electron chi connectivity index (χ4n) is 19.0. The van der Waals surface area contributed by atoms with Gasteiger partial charge < -0.3 is 33.5 Å². The van der Waals surface area contributed by atoms with Crippen molar-refractivity contribution in [1.82, 2.24) is 9.80 Å². The molecule has 2 rings (SSSR count). The summed E-state index contributed by atoms with van der Waals surface area (Å²) < 4.78 is 29.6. The van der Waals surface area contributed by atoms with Crippen LogP contribution in [0.3, 0.4) is 0 Å². The highest BCUT2D eigenvalue weighted by molar-refractivity contribution is 5.70. The Morgan fingerprint density at radius 2 is 0.539 bits per heavy atom. The minimum absolute atomic E-state index is 0.00162. The van der Waals surface area contributed by atoms with Gasteiger partial charge in [-0.05, 0) is 203 Å². The SMILES string of the molecule is CCCCCC(CCCCC)CCOC(=O)CCCCCCCCC(CCCCCCCCC(=O)OCCC(CCCCC)CCCC(C)C(CCC)CC(CCCCC)CCOC(=O)CCCCCCCC(CCCCCCCC(=O)OCCC(CCCCC)CCCCC)OC(=O)CCCN1CCCCC1)CN1CCCCC1. The molecule has 2 saturated heterocycles. The minimum atomic E-state index is -0.0440. The van der Waals surface area contributed by atoms with Gasteiger partial charge in [0.25, 0.3) is 0 Å². The van der Waals surface area contributed by atoms with Crippen LogP contribution < -0.4 is 0 Å². The zero-order valence-corrected chi connectivity index (χ0v) is 78.1. The van der Waals surface area contributed by atoms with E-state index in [1.165, 1.54) is 315 Å². The van der Waals surface area contributed by atoms with Crippen LogP contribution in [0.2, 0.25) is 0 Å². The molecule has 2 aliphatic heterocycles. The van der Waals surface area contributed by atoms with Gasteiger partial charge in [0, 0.05) is 38.6 Å². The first-order valence-electron chi connectivity index (χ1n) is 51.6. The van der Waals surface area contributed by atoms with Gasteiger partial charge in [-0.1, -0.05) is 357 Å². The first-order valence-corrected chi connectivity index (χ1v) is 51.6. The Balaban J connectivity index is 1.70. The van der Waals surface area contributed by atoms with Crippen molar-refractivity contribution in [3.63, 3.8) is 0 Å². The molecule has 678 valence electrons. The number of nitrogens with zero attached hydrogens (tertiary/aromatic N) is 2. The summed E-state index contributed by atoms with van der Waals surface area (Å²) >= 11 is 0. The number of likely N-dealkylation sites (tertiary alicyclic amines) is 2. The van der Waals surface area contributed by atoms with Crippen LogP contribution in [0.4, 0.5) is 0 Å². The highest BCUT2D eigenvalue weighted by Gasteiger charge is 2.25. The van der Waals surface area contributed by atoms with Crippen LogP contribution in [0, 0.1) is 41.4 Å². The number of ether oxygens (including phenoxy) is 5. The molecule has 2 fully saturated rings. The van der Waals surface area contributed by atoms with Crippen molar-refractivity contribution in [3.05, 3.63) is 0 Å². The lowest BCUT2D eigenvalue weighted by Crippen LogP contribution is -2.34. The van der Waals surface area contributed by atoms with Gasteiger partial charge in [0.05, 0.1) is 26.4 Å². The van der Waals surface area contributed by atoms with Crippen LogP contribution in [0.1, 0.15) is 518 Å². The third-order valence-electron chi connectivity index (χ3n) is 26.7. The molecule has 12 nitrogen and oxygen atoms in total. The Kier molecular flexibility index (Phi) is 76.3. The predicted molar refractivity (Wildman–Crippen MR) is 489 cm³/mol. The fraction of sp³-hybridized carbons (Fsp3) is 0.951. The summed E-state index contributed by atoms with van der Waals surface area (Å²) in [6, 6.07) is 0. The van der Waals surface area contributed by atoms with Crippen molar-refractivity contribution in [1.29, 1.82) is 0 Å². The number of hydrogen-bond donors (Lipinski definition) is 0. The number of esters is 5. The molecule has 115 heavy (non-hydrogen) atoms. The van der Waals surface area contributed by atoms with Crippen molar-refractivity contribution in [3.8, 4) is 0 Å². The van der Waals surface area contributed by atoms with Gasteiger partial charge in [-0.25, -0.2) is 0 Å². The standard InChI is InChI=1S/C103H196N2O10/c1-9-16-38-60-92(61-39-17-10-2)76-85-111-99(106)71-48-32-24-22-28-44-66-96(90-105-82-54-37-55-83-105)67-45-29-23-25-33-49-72-100(107)113-87-78-94(64-42-20-13-5)68-56-59-91(8)97(58-15-7)89-95(65-43-21-14-6)79-88-114-102(109)74-51-35-27-31-47-70-98(115-103(110)75-57-84-104-80-52-36-53-81-104)69-46-30-26-34-50-73-101(108)112-86-77-93(62-40-18-11-3)63-41-19-12-4/h91-98H,9-90H2,1-8H3. The minimum Gasteiger partial charge on any atom is -0.466 e. The van der Waals surface area contributed by atoms with E-state index in [2.05, 4.69) is 65.2 Å². The summed E-state index contributed by atoms with van der Waals surface area (Å²) in [5, 5.41) is 0. The largest absolute Gasteiger partial charge is 0.466 e. The Labute approximate surface area is 714 Å². The summed E-state index contributed by atoms with van der Waals surface area (Å²) in [6.07, 6.45) is 82.4. The van der Waals surface area contributed by atoms with Gasteiger partial charge in [-0.2, -0.15) is 0 Å². The third-order valence-corrected chi connectivity index (χ3v) is 26.7. The molecule has 0 aromatic rings. The lowest BCUT2D eigenvalue weighted by molar-refractivity contribution is -0.150. The maximum absolute atomic E-state index is 13.2. The molecule has 0 saturated carbocycles. The molecular weight excluding hydrogens is 1430 g/mol. The van der Waals surface area contributed by atoms with Crippen LogP contribution >= 0.6 is 0 Å². The molecule has 2 heterocycles. The molecule has 0 aromatic carbocycles. The van der Waals surface area contributed by atoms with E-state index < -0.39 is 0 Å². The van der Waals surface area contributed by atoms with Crippen molar-refractivity contribution >= 4 is 29.8 Å². The normalized spacial score (nSPS) is 15.3. The predicted octanol–water partition coefficient (Wildman–Crippen LogP) is 30.3. The molecule has 12 heteroatoms. The number of piperidine rings is 2. The Hall–Kier alpha value is -2.73. The van der Waals surface area contributed by atoms with Crippen molar-refractivity contribution in [2.45, 2.75) is 524 Å². The maximum atomic E-state index is 13.2. The number of hydrogen-bond acceptors (Lipinski definition) is 12. The average Bonchev–Trinajstić information content (AvgIpc) is 0.930. The fourth-order valence-corrected chi connectivity index (χ4v) is 19.0. The number of carbonyl (C=O) groups is 5. The highest BCUT2D eigenvalue weighted by Crippen LogP contribution is 2.35. The lowest BCUT2D eigenvalue weighted by Gasteiger charge is -2.30. The molecule has 0 radical (unpaired) electrons. The number of unbranched alkanes of at least 4 members (excludes halogenated alkanes) is 30. The van der Waals surface area contributed by atoms with Gasteiger partial charge in [-0.15, -0.1) is 0 Å². The zero-order valence-electron chi connectivity index (χ0n) is 78.1. The van der Waals surface area contributed by atoms with Crippen LogP contribution in [0.15, 0.2) is 0 Å². The van der Waals surface area contributed by atoms with E-state index in [1.54, 1.807) is 0 Å². The van der Waals surface area contributed by atoms with E-state index in [9.17, 15) is 24.0 Å². The van der Waals surface area contributed by atoms with Gasteiger partial charge in [0.1, 0.15) is 6.10 Å². The molecule has 0 bridgehead atoms. The average molecular weight is 1620 g/mol. The van der Waals surface area contributed by atoms with Gasteiger partial charge in [0.2, 0.25) is 0 Å². The Morgan fingerprint density at radius 1 is 0.252 bits per heavy atom. The van der Waals surface area contributed by atoms with Crippen molar-refractivity contribution in [2.24, 2.45) is 41.4 Å². The van der Waals surface area contributed by atoms with Crippen LogP contribution in [-0.4, -0.2) is 111 Å². The molecular formula is C103H196N2O10. The first kappa shape index (κ1) is 108. The van der Waals surface area contributed by atoms with E-state index in [4.69, 9.17) is 23.7 Å². The summed E-state index contributed by atoms with van der Waals surface area (Å²) in [4.78, 5) is 69.9. The monoisotopic (exact) mass is 1620 g/mol. The van der Waals surface area contributed by atoms with Crippen LogP contribution in [-0.2, 0) is 47.7 Å². The molecule has 0 aromatic heterocycles. The molecule has 0 aliphatic carbocycles. The first-order chi connectivity index (χ1) is 56.4. The zero-order chi connectivity index (χ0) is 83.2. The second-order valence-corrected chi connectivity index (χ2v) is 37.4. The van der Waals surface area contributed by atoms with Crippen molar-refractivity contribution < 1.29 is 47.7 Å². The maximum Gasteiger partial charge on any atom is 0.306 e. The molecule has 0 N–H and O–H groups in total. The van der Waals surface area contributed by atoms with Crippen LogP contribution in [0.5, 0.6) is 0 Å². The Bertz CT molecular complexity index is 2130. The van der Waals surface area contributed by atoms with Crippen molar-refractivity contribution in [2.75, 3.05) is 65.7 Å². The molecule has 0 spiro atoms. The van der Waals surface area contributed by atoms with Gasteiger partial charge in [0.15, 0.2) is 0 Å². The van der Waals surface area contributed by atoms with E-state index in [1.807, 2.05) is 0 Å². The summed E-state index contributed by atoms with van der Waals surface area (Å²) in [5.74, 6) is 4.63. The second-order valence-electron chi connectivity index (χ2n) is 37.4. The van der Waals surface area contributed by atoms with E-state index in [0.717, 1.165) is 160 Å². The van der Waals surface area contributed by atoms with E-state index in [0.29, 0.717) is 94.0 Å². The Morgan fingerprint density at radius 3 is 0.896 bits per heavy atom. The molecule has 2 aliphatic rings. The summed E-state index contributed by atoms with van der Waals surface area (Å²) in [6.45, 7) is 28.0. The summed E-state index contributed by atoms with van der Waals surface area (Å²) in [7, 11) is 0. The smallest absolute Gasteiger partial charge is 0.306 e. The number of carbonyl (C=O) groups excluding carboxylic acids is 5. The summed E-state index contributed by atoms with van der Waals surface area (Å²) in [5.41, 5.74) is 0. The quantitative estimate of drug-likeness (QED) is 0.0325. The van der Waals surface area contributed by atoms with E-state index in [-0.39, 0.29) is 36.0 Å². The molecule has 6 atom stereocenters. The second kappa shape index (κ2) is 81.0. The van der Waals surface area contributed by atoms with E-state index >= 15 is 0 Å². The van der Waals surface area contributed by atoms with Gasteiger partial charge in [-0.3, -0.25) is 24.0 Å². The van der Waals surface area contributed by atoms with Crippen LogP contribution in [0.25, 0.3) is 0 Å². The lowest BCUT2D eigenvalue weighted by atomic mass is 9.77. The topological polar surface area (TPSA) is 138 Å². The molecule has 6 unspecified atom stereocenters. The van der Waals surface area contributed by atoms with Gasteiger partial charge >= 0.3 is 29.8 Å². The third kappa shape index (κ3) is 67.5.